The average Bonchev–Trinajstić information content (AvgIpc) is 2.92. The number of hydrogen-bond donors (Lipinski definition) is 1. The normalized spacial score (nSPS) is 11.4. The van der Waals surface area contributed by atoms with Crippen LogP contribution in [-0.4, -0.2) is 24.0 Å². The van der Waals surface area contributed by atoms with Crippen molar-refractivity contribution in [3.8, 4) is 5.75 Å². The molecule has 5 nitrogen and oxygen atoms in total. The number of aromatic nitrogens is 1. The Balaban J connectivity index is 1.69. The number of ether oxygens (including phenoxy) is 1. The van der Waals surface area contributed by atoms with E-state index in [9.17, 15) is 4.79 Å². The average molecular weight is 344 g/mol. The van der Waals surface area contributed by atoms with Crippen molar-refractivity contribution >= 4 is 5.91 Å². The van der Waals surface area contributed by atoms with E-state index in [4.69, 9.17) is 9.15 Å². The monoisotopic (exact) mass is 344 g/mol. The van der Waals surface area contributed by atoms with Gasteiger partial charge in [0.15, 0.2) is 12.5 Å². The van der Waals surface area contributed by atoms with Gasteiger partial charge in [-0.2, -0.15) is 0 Å². The maximum absolute atomic E-state index is 11.8. The minimum atomic E-state index is -0.120. The van der Waals surface area contributed by atoms with E-state index in [0.717, 1.165) is 35.7 Å². The maximum Gasteiger partial charge on any atom is 0.257 e. The Morgan fingerprint density at radius 2 is 1.88 bits per heavy atom. The van der Waals surface area contributed by atoms with E-state index in [1.807, 2.05) is 38.1 Å². The van der Waals surface area contributed by atoms with Crippen LogP contribution >= 0.6 is 0 Å². The molecule has 1 amide bonds. The fourth-order valence-electron chi connectivity index (χ4n) is 2.29. The molecule has 0 radical (unpaired) electrons. The molecule has 0 saturated heterocycles. The molecule has 5 heteroatoms. The van der Waals surface area contributed by atoms with Gasteiger partial charge in [-0.05, 0) is 32.4 Å². The molecule has 0 spiro atoms. The van der Waals surface area contributed by atoms with Crippen molar-refractivity contribution in [2.24, 2.45) is 0 Å². The lowest BCUT2D eigenvalue weighted by atomic mass is 9.97. The number of rotatable bonds is 7. The first-order chi connectivity index (χ1) is 11.8. The molecule has 0 aliphatic heterocycles. The third kappa shape index (κ3) is 5.93. The van der Waals surface area contributed by atoms with Crippen LogP contribution in [0, 0.1) is 13.8 Å². The standard InChI is InChI=1S/C20H28N2O3/c1-14-8-10-16(11-9-14)24-13-18(23)21-12-6-7-17-15(2)22-19(25-17)20(3,4)5/h8-11H,6-7,12-13H2,1-5H3,(H,21,23). The highest BCUT2D eigenvalue weighted by Crippen LogP contribution is 2.24. The molecule has 2 rings (SSSR count). The number of benzene rings is 1. The fourth-order valence-corrected chi connectivity index (χ4v) is 2.29. The van der Waals surface area contributed by atoms with Gasteiger partial charge in [0.2, 0.25) is 0 Å². The van der Waals surface area contributed by atoms with Crippen molar-refractivity contribution in [1.29, 1.82) is 0 Å². The Labute approximate surface area is 149 Å². The van der Waals surface area contributed by atoms with Crippen molar-refractivity contribution in [1.82, 2.24) is 10.3 Å². The quantitative estimate of drug-likeness (QED) is 0.778. The Kier molecular flexibility index (Phi) is 6.23. The summed E-state index contributed by atoms with van der Waals surface area (Å²) in [5, 5.41) is 2.87. The first-order valence-electron chi connectivity index (χ1n) is 8.68. The van der Waals surface area contributed by atoms with Crippen LogP contribution in [0.3, 0.4) is 0 Å². The second kappa shape index (κ2) is 8.19. The fraction of sp³-hybridized carbons (Fsp3) is 0.500. The smallest absolute Gasteiger partial charge is 0.257 e. The Morgan fingerprint density at radius 3 is 2.48 bits per heavy atom. The molecular weight excluding hydrogens is 316 g/mol. The second-order valence-electron chi connectivity index (χ2n) is 7.33. The Hall–Kier alpha value is -2.30. The first-order valence-corrected chi connectivity index (χ1v) is 8.68. The molecule has 136 valence electrons. The summed E-state index contributed by atoms with van der Waals surface area (Å²) in [6, 6.07) is 7.64. The molecular formula is C20H28N2O3. The molecule has 0 aliphatic rings. The van der Waals surface area contributed by atoms with Gasteiger partial charge in [-0.25, -0.2) is 4.98 Å². The van der Waals surface area contributed by atoms with Crippen molar-refractivity contribution in [2.45, 2.75) is 52.9 Å². The van der Waals surface area contributed by atoms with E-state index in [1.165, 1.54) is 0 Å². The van der Waals surface area contributed by atoms with Crippen molar-refractivity contribution in [2.75, 3.05) is 13.2 Å². The highest BCUT2D eigenvalue weighted by atomic mass is 16.5. The van der Waals surface area contributed by atoms with Gasteiger partial charge in [0, 0.05) is 18.4 Å². The summed E-state index contributed by atoms with van der Waals surface area (Å²) in [7, 11) is 0. The molecule has 1 heterocycles. The van der Waals surface area contributed by atoms with Gasteiger partial charge >= 0.3 is 0 Å². The van der Waals surface area contributed by atoms with Crippen molar-refractivity contribution < 1.29 is 13.9 Å². The number of aryl methyl sites for hydroxylation is 3. The van der Waals surface area contributed by atoms with Crippen LogP contribution in [0.1, 0.15) is 50.1 Å². The number of nitrogens with one attached hydrogen (secondary N) is 1. The molecule has 25 heavy (non-hydrogen) atoms. The predicted molar refractivity (Wildman–Crippen MR) is 97.9 cm³/mol. The first kappa shape index (κ1) is 19.0. The minimum absolute atomic E-state index is 0.0264. The third-order valence-electron chi connectivity index (χ3n) is 3.83. The zero-order valence-electron chi connectivity index (χ0n) is 15.8. The van der Waals surface area contributed by atoms with Crippen LogP contribution in [-0.2, 0) is 16.6 Å². The molecule has 0 saturated carbocycles. The summed E-state index contributed by atoms with van der Waals surface area (Å²) in [6.07, 6.45) is 1.56. The van der Waals surface area contributed by atoms with Crippen LogP contribution < -0.4 is 10.1 Å². The summed E-state index contributed by atoms with van der Waals surface area (Å²) < 4.78 is 11.3. The summed E-state index contributed by atoms with van der Waals surface area (Å²) in [5.41, 5.74) is 2.00. The lowest BCUT2D eigenvalue weighted by Crippen LogP contribution is -2.29. The van der Waals surface area contributed by atoms with E-state index in [-0.39, 0.29) is 17.9 Å². The van der Waals surface area contributed by atoms with Crippen LogP contribution in [0.15, 0.2) is 28.7 Å². The molecule has 2 aromatic rings. The molecule has 0 unspecified atom stereocenters. The molecule has 0 fully saturated rings. The summed E-state index contributed by atoms with van der Waals surface area (Å²) in [6.45, 7) is 10.8. The van der Waals surface area contributed by atoms with Gasteiger partial charge in [-0.15, -0.1) is 0 Å². The molecule has 1 N–H and O–H groups in total. The lowest BCUT2D eigenvalue weighted by molar-refractivity contribution is -0.123. The van der Waals surface area contributed by atoms with E-state index in [2.05, 4.69) is 31.1 Å². The summed E-state index contributed by atoms with van der Waals surface area (Å²) in [4.78, 5) is 16.3. The number of nitrogens with zero attached hydrogens (tertiary/aromatic N) is 1. The zero-order chi connectivity index (χ0) is 18.4. The number of hydrogen-bond acceptors (Lipinski definition) is 4. The highest BCUT2D eigenvalue weighted by molar-refractivity contribution is 5.77. The summed E-state index contributed by atoms with van der Waals surface area (Å²) in [5.74, 6) is 2.24. The highest BCUT2D eigenvalue weighted by Gasteiger charge is 2.21. The Morgan fingerprint density at radius 1 is 1.20 bits per heavy atom. The van der Waals surface area contributed by atoms with Gasteiger partial charge in [0.25, 0.3) is 5.91 Å². The topological polar surface area (TPSA) is 64.4 Å². The SMILES string of the molecule is Cc1ccc(OCC(=O)NCCCc2oc(C(C)(C)C)nc2C)cc1. The Bertz CT molecular complexity index is 697. The van der Waals surface area contributed by atoms with Crippen LogP contribution in [0.4, 0.5) is 0 Å². The zero-order valence-corrected chi connectivity index (χ0v) is 15.8. The van der Waals surface area contributed by atoms with E-state index in [0.29, 0.717) is 12.3 Å². The molecule has 0 bridgehead atoms. The number of carbonyl (C=O) groups is 1. The third-order valence-corrected chi connectivity index (χ3v) is 3.83. The summed E-state index contributed by atoms with van der Waals surface area (Å²) >= 11 is 0. The largest absolute Gasteiger partial charge is 0.484 e. The number of oxazole rings is 1. The van der Waals surface area contributed by atoms with Gasteiger partial charge in [0.05, 0.1) is 5.69 Å². The van der Waals surface area contributed by atoms with Crippen LogP contribution in [0.2, 0.25) is 0 Å². The second-order valence-corrected chi connectivity index (χ2v) is 7.33. The van der Waals surface area contributed by atoms with Gasteiger partial charge in [-0.1, -0.05) is 38.5 Å². The van der Waals surface area contributed by atoms with Crippen LogP contribution in [0.25, 0.3) is 0 Å². The number of amides is 1. The van der Waals surface area contributed by atoms with Gasteiger partial charge in [-0.3, -0.25) is 4.79 Å². The minimum Gasteiger partial charge on any atom is -0.484 e. The number of carbonyl (C=O) groups excluding carboxylic acids is 1. The van der Waals surface area contributed by atoms with Crippen molar-refractivity contribution in [3.63, 3.8) is 0 Å². The van der Waals surface area contributed by atoms with E-state index >= 15 is 0 Å². The predicted octanol–water partition coefficient (Wildman–Crippen LogP) is 3.72. The molecule has 0 aliphatic carbocycles. The van der Waals surface area contributed by atoms with E-state index < -0.39 is 0 Å². The van der Waals surface area contributed by atoms with Crippen molar-refractivity contribution in [3.05, 3.63) is 47.2 Å². The molecule has 0 atom stereocenters. The lowest BCUT2D eigenvalue weighted by Gasteiger charge is -2.12. The molecule has 1 aromatic carbocycles. The van der Waals surface area contributed by atoms with Gasteiger partial charge < -0.3 is 14.5 Å². The maximum atomic E-state index is 11.8. The van der Waals surface area contributed by atoms with E-state index in [1.54, 1.807) is 0 Å². The van der Waals surface area contributed by atoms with Gasteiger partial charge in [0.1, 0.15) is 11.5 Å². The molecule has 1 aromatic heterocycles. The van der Waals surface area contributed by atoms with Crippen LogP contribution in [0.5, 0.6) is 5.75 Å².